The zero-order chi connectivity index (χ0) is 23.5. The molecule has 0 aromatic rings. The van der Waals surface area contributed by atoms with Crippen LogP contribution >= 0.6 is 0 Å². The highest BCUT2D eigenvalue weighted by Crippen LogP contribution is 2.13. The first-order valence-electron chi connectivity index (χ1n) is 12.3. The monoisotopic (exact) mass is 482 g/mol. The molecule has 1 heterocycles. The standard InChI is InChI=1S/C23H46O10/c1-2-24-7-8-25-9-10-26-11-12-27-13-14-28-15-16-29-17-18-30-19-20-31-21-22-33-23-5-3-4-6-32-23/h23H,2-22H2,1H3. The van der Waals surface area contributed by atoms with E-state index in [1.807, 2.05) is 6.92 Å². The second-order valence-electron chi connectivity index (χ2n) is 7.15. The summed E-state index contributed by atoms with van der Waals surface area (Å²) in [6.45, 7) is 12.3. The summed E-state index contributed by atoms with van der Waals surface area (Å²) in [7, 11) is 0. The van der Waals surface area contributed by atoms with Gasteiger partial charge in [-0.1, -0.05) is 0 Å². The van der Waals surface area contributed by atoms with Crippen LogP contribution < -0.4 is 0 Å². The van der Waals surface area contributed by atoms with Crippen molar-refractivity contribution in [2.75, 3.05) is 119 Å². The van der Waals surface area contributed by atoms with Gasteiger partial charge in [-0.3, -0.25) is 0 Å². The van der Waals surface area contributed by atoms with E-state index >= 15 is 0 Å². The van der Waals surface area contributed by atoms with Crippen LogP contribution in [0.2, 0.25) is 0 Å². The van der Waals surface area contributed by atoms with Gasteiger partial charge in [0.25, 0.3) is 0 Å². The molecule has 10 nitrogen and oxygen atoms in total. The summed E-state index contributed by atoms with van der Waals surface area (Å²) in [5, 5.41) is 0. The summed E-state index contributed by atoms with van der Waals surface area (Å²) in [5.74, 6) is 0. The maximum absolute atomic E-state index is 5.59. The lowest BCUT2D eigenvalue weighted by Gasteiger charge is -2.22. The summed E-state index contributed by atoms with van der Waals surface area (Å²) < 4.78 is 54.3. The minimum absolute atomic E-state index is 0.0564. The molecule has 1 aliphatic rings. The third-order valence-electron chi connectivity index (χ3n) is 4.48. The largest absolute Gasteiger partial charge is 0.379 e. The number of rotatable bonds is 26. The number of hydrogen-bond acceptors (Lipinski definition) is 10. The Morgan fingerprint density at radius 2 is 0.848 bits per heavy atom. The van der Waals surface area contributed by atoms with Crippen LogP contribution in [0.5, 0.6) is 0 Å². The van der Waals surface area contributed by atoms with Gasteiger partial charge in [-0.2, -0.15) is 0 Å². The Morgan fingerprint density at radius 3 is 1.18 bits per heavy atom. The van der Waals surface area contributed by atoms with Gasteiger partial charge in [0.05, 0.1) is 106 Å². The second-order valence-corrected chi connectivity index (χ2v) is 7.15. The van der Waals surface area contributed by atoms with E-state index in [4.69, 9.17) is 47.4 Å². The average molecular weight is 483 g/mol. The summed E-state index contributed by atoms with van der Waals surface area (Å²) in [4.78, 5) is 0. The van der Waals surface area contributed by atoms with Gasteiger partial charge in [0.15, 0.2) is 6.29 Å². The molecule has 0 amide bonds. The lowest BCUT2D eigenvalue weighted by molar-refractivity contribution is -0.169. The quantitative estimate of drug-likeness (QED) is 0.170. The van der Waals surface area contributed by atoms with Crippen LogP contribution in [0.25, 0.3) is 0 Å². The fraction of sp³-hybridized carbons (Fsp3) is 1.00. The average Bonchev–Trinajstić information content (AvgIpc) is 2.84. The molecule has 33 heavy (non-hydrogen) atoms. The van der Waals surface area contributed by atoms with Crippen LogP contribution in [0.4, 0.5) is 0 Å². The van der Waals surface area contributed by atoms with Crippen LogP contribution in [0, 0.1) is 0 Å². The summed E-state index contributed by atoms with van der Waals surface area (Å²) in [6.07, 6.45) is 3.22. The fourth-order valence-corrected chi connectivity index (χ4v) is 2.76. The highest BCUT2D eigenvalue weighted by Gasteiger charge is 2.13. The second kappa shape index (κ2) is 26.2. The van der Waals surface area contributed by atoms with Crippen molar-refractivity contribution in [3.63, 3.8) is 0 Å². The molecule has 10 heteroatoms. The van der Waals surface area contributed by atoms with E-state index in [1.165, 1.54) is 6.42 Å². The van der Waals surface area contributed by atoms with Crippen molar-refractivity contribution in [1.29, 1.82) is 0 Å². The van der Waals surface area contributed by atoms with Gasteiger partial charge in [0.2, 0.25) is 0 Å². The van der Waals surface area contributed by atoms with Crippen molar-refractivity contribution >= 4 is 0 Å². The SMILES string of the molecule is CCOCCOCCOCCOCCOCCOCCOCCOCCOC1CCCCO1. The molecule has 1 aliphatic heterocycles. The highest BCUT2D eigenvalue weighted by atomic mass is 16.7. The van der Waals surface area contributed by atoms with Crippen molar-refractivity contribution in [3.8, 4) is 0 Å². The lowest BCUT2D eigenvalue weighted by Crippen LogP contribution is -2.24. The van der Waals surface area contributed by atoms with E-state index in [1.54, 1.807) is 0 Å². The Bertz CT molecular complexity index is 369. The number of hydrogen-bond donors (Lipinski definition) is 0. The van der Waals surface area contributed by atoms with Crippen molar-refractivity contribution in [2.45, 2.75) is 32.5 Å². The molecule has 0 aromatic carbocycles. The molecule has 0 aromatic heterocycles. The Kier molecular flexibility index (Phi) is 24.3. The smallest absolute Gasteiger partial charge is 0.157 e. The first-order chi connectivity index (χ1) is 16.4. The van der Waals surface area contributed by atoms with Gasteiger partial charge < -0.3 is 47.4 Å². The van der Waals surface area contributed by atoms with Crippen molar-refractivity contribution in [1.82, 2.24) is 0 Å². The molecule has 1 rings (SSSR count). The van der Waals surface area contributed by atoms with Crippen molar-refractivity contribution in [2.24, 2.45) is 0 Å². The van der Waals surface area contributed by atoms with Crippen molar-refractivity contribution < 1.29 is 47.4 Å². The summed E-state index contributed by atoms with van der Waals surface area (Å²) >= 11 is 0. The Labute approximate surface area is 199 Å². The molecule has 1 saturated heterocycles. The maximum Gasteiger partial charge on any atom is 0.157 e. The molecule has 1 fully saturated rings. The Balaban J connectivity index is 1.62. The van der Waals surface area contributed by atoms with E-state index in [2.05, 4.69) is 0 Å². The molecule has 0 spiro atoms. The van der Waals surface area contributed by atoms with Gasteiger partial charge >= 0.3 is 0 Å². The van der Waals surface area contributed by atoms with E-state index in [-0.39, 0.29) is 6.29 Å². The van der Waals surface area contributed by atoms with Crippen LogP contribution in [0.3, 0.4) is 0 Å². The number of ether oxygens (including phenoxy) is 10. The molecule has 1 unspecified atom stereocenters. The third-order valence-corrected chi connectivity index (χ3v) is 4.48. The maximum atomic E-state index is 5.59. The third kappa shape index (κ3) is 23.1. The normalized spacial score (nSPS) is 16.5. The molecule has 0 saturated carbocycles. The van der Waals surface area contributed by atoms with E-state index in [9.17, 15) is 0 Å². The van der Waals surface area contributed by atoms with Gasteiger partial charge in [0.1, 0.15) is 0 Å². The van der Waals surface area contributed by atoms with Crippen LogP contribution in [-0.4, -0.2) is 125 Å². The van der Waals surface area contributed by atoms with Crippen LogP contribution in [-0.2, 0) is 47.4 Å². The molecule has 0 N–H and O–H groups in total. The molecule has 0 radical (unpaired) electrons. The summed E-state index contributed by atoms with van der Waals surface area (Å²) in [5.41, 5.74) is 0. The molecule has 198 valence electrons. The fourth-order valence-electron chi connectivity index (χ4n) is 2.76. The molecule has 0 aliphatic carbocycles. The minimum Gasteiger partial charge on any atom is -0.379 e. The first-order valence-corrected chi connectivity index (χ1v) is 12.3. The predicted octanol–water partition coefficient (Wildman–Crippen LogP) is 1.68. The highest BCUT2D eigenvalue weighted by molar-refractivity contribution is 4.53. The molecule has 0 bridgehead atoms. The zero-order valence-corrected chi connectivity index (χ0v) is 20.5. The van der Waals surface area contributed by atoms with E-state index < -0.39 is 0 Å². The Morgan fingerprint density at radius 1 is 0.485 bits per heavy atom. The van der Waals surface area contributed by atoms with Crippen molar-refractivity contribution in [3.05, 3.63) is 0 Å². The first kappa shape index (κ1) is 30.6. The molecular weight excluding hydrogens is 436 g/mol. The van der Waals surface area contributed by atoms with Crippen LogP contribution in [0.1, 0.15) is 26.2 Å². The topological polar surface area (TPSA) is 92.3 Å². The van der Waals surface area contributed by atoms with E-state index in [0.29, 0.717) is 112 Å². The predicted molar refractivity (Wildman–Crippen MR) is 122 cm³/mol. The zero-order valence-electron chi connectivity index (χ0n) is 20.5. The van der Waals surface area contributed by atoms with E-state index in [0.717, 1.165) is 19.4 Å². The summed E-state index contributed by atoms with van der Waals surface area (Å²) in [6, 6.07) is 0. The van der Waals surface area contributed by atoms with Gasteiger partial charge in [-0.25, -0.2) is 0 Å². The van der Waals surface area contributed by atoms with Gasteiger partial charge in [0, 0.05) is 13.2 Å². The van der Waals surface area contributed by atoms with Gasteiger partial charge in [-0.15, -0.1) is 0 Å². The molecule has 1 atom stereocenters. The van der Waals surface area contributed by atoms with Crippen LogP contribution in [0.15, 0.2) is 0 Å². The van der Waals surface area contributed by atoms with Gasteiger partial charge in [-0.05, 0) is 26.2 Å². The minimum atomic E-state index is -0.0564. The Hall–Kier alpha value is -0.400. The lowest BCUT2D eigenvalue weighted by atomic mass is 10.2. The molecular formula is C23H46O10.